The van der Waals surface area contributed by atoms with Crippen molar-refractivity contribution in [1.82, 2.24) is 10.2 Å². The third-order valence-electron chi connectivity index (χ3n) is 3.78. The van der Waals surface area contributed by atoms with E-state index in [2.05, 4.69) is 46.7 Å². The highest BCUT2D eigenvalue weighted by Gasteiger charge is 2.06. The van der Waals surface area contributed by atoms with Crippen LogP contribution < -0.4 is 5.32 Å². The molecule has 0 spiro atoms. The Morgan fingerprint density at radius 2 is 1.73 bits per heavy atom. The van der Waals surface area contributed by atoms with Gasteiger partial charge in [-0.3, -0.25) is 4.79 Å². The zero-order valence-corrected chi connectivity index (χ0v) is 15.8. The Labute approximate surface area is 162 Å². The number of nitrogens with zero attached hydrogens (tertiary/aromatic N) is 2. The molecule has 1 aromatic heterocycles. The average Bonchev–Trinajstić information content (AvgIpc) is 2.69. The number of anilines is 1. The van der Waals surface area contributed by atoms with E-state index in [4.69, 9.17) is 11.6 Å². The highest BCUT2D eigenvalue weighted by Crippen LogP contribution is 2.21. The summed E-state index contributed by atoms with van der Waals surface area (Å²) in [5.74, 6) is 0.167. The van der Waals surface area contributed by atoms with Crippen molar-refractivity contribution in [3.63, 3.8) is 0 Å². The van der Waals surface area contributed by atoms with E-state index in [9.17, 15) is 4.79 Å². The Kier molecular flexibility index (Phi) is 6.26. The lowest BCUT2D eigenvalue weighted by Gasteiger charge is -2.05. The molecule has 0 aliphatic heterocycles. The molecular weight excluding hydrogens is 366 g/mol. The molecule has 3 aromatic rings. The van der Waals surface area contributed by atoms with Gasteiger partial charge in [0.25, 0.3) is 0 Å². The van der Waals surface area contributed by atoms with Crippen LogP contribution in [0.25, 0.3) is 11.3 Å². The zero-order valence-electron chi connectivity index (χ0n) is 14.3. The van der Waals surface area contributed by atoms with Crippen LogP contribution in [0, 0.1) is 0 Å². The molecule has 3 rings (SSSR count). The number of thioether (sulfide) groups is 1. The number of hydrogen-bond acceptors (Lipinski definition) is 4. The van der Waals surface area contributed by atoms with Gasteiger partial charge in [0.15, 0.2) is 0 Å². The number of benzene rings is 2. The summed E-state index contributed by atoms with van der Waals surface area (Å²) in [7, 11) is 0. The third-order valence-corrected chi connectivity index (χ3v) is 4.95. The Morgan fingerprint density at radius 1 is 1.00 bits per heavy atom. The maximum Gasteiger partial charge on any atom is 0.234 e. The Morgan fingerprint density at radius 3 is 2.35 bits per heavy atom. The van der Waals surface area contributed by atoms with Crippen molar-refractivity contribution in [3.8, 4) is 11.3 Å². The first-order valence-electron chi connectivity index (χ1n) is 8.25. The van der Waals surface area contributed by atoms with Crippen LogP contribution in [-0.4, -0.2) is 21.9 Å². The summed E-state index contributed by atoms with van der Waals surface area (Å²) >= 11 is 7.18. The zero-order chi connectivity index (χ0) is 18.4. The molecule has 0 aliphatic carbocycles. The van der Waals surface area contributed by atoms with Gasteiger partial charge in [-0.2, -0.15) is 0 Å². The molecule has 1 amide bonds. The summed E-state index contributed by atoms with van der Waals surface area (Å²) < 4.78 is 0. The Hall–Kier alpha value is -2.37. The molecule has 6 heteroatoms. The van der Waals surface area contributed by atoms with Gasteiger partial charge in [-0.25, -0.2) is 0 Å². The summed E-state index contributed by atoms with van der Waals surface area (Å²) in [6.07, 6.45) is 1.01. The molecule has 0 unspecified atom stereocenters. The van der Waals surface area contributed by atoms with Crippen LogP contribution in [0.4, 0.5) is 5.69 Å². The van der Waals surface area contributed by atoms with Crippen molar-refractivity contribution < 1.29 is 4.79 Å². The molecular formula is C20H18ClN3OS. The summed E-state index contributed by atoms with van der Waals surface area (Å²) in [5, 5.41) is 12.6. The van der Waals surface area contributed by atoms with E-state index in [-0.39, 0.29) is 11.7 Å². The minimum Gasteiger partial charge on any atom is -0.325 e. The fraction of sp³-hybridized carbons (Fsp3) is 0.150. The predicted octanol–water partition coefficient (Wildman–Crippen LogP) is 5.09. The monoisotopic (exact) mass is 383 g/mol. The molecule has 0 radical (unpaired) electrons. The number of halogens is 1. The molecule has 26 heavy (non-hydrogen) atoms. The highest BCUT2D eigenvalue weighted by molar-refractivity contribution is 7.99. The van der Waals surface area contributed by atoms with Gasteiger partial charge in [-0.15, -0.1) is 10.2 Å². The van der Waals surface area contributed by atoms with Crippen LogP contribution in [0.3, 0.4) is 0 Å². The number of carbonyl (C=O) groups is 1. The van der Waals surface area contributed by atoms with Crippen LogP contribution in [-0.2, 0) is 11.2 Å². The molecule has 0 bridgehead atoms. The second-order valence-corrected chi connectivity index (χ2v) is 7.08. The standard InChI is InChI=1S/C20H18ClN3OS/c1-2-14-3-5-15(6-4-14)18-11-12-20(24-23-18)26-13-19(25)22-17-9-7-16(21)8-10-17/h3-12H,2,13H2,1H3,(H,22,25). The first-order chi connectivity index (χ1) is 12.6. The smallest absolute Gasteiger partial charge is 0.234 e. The van der Waals surface area contributed by atoms with Crippen LogP contribution in [0.15, 0.2) is 65.7 Å². The molecule has 132 valence electrons. The summed E-state index contributed by atoms with van der Waals surface area (Å²) in [6, 6.07) is 19.1. The van der Waals surface area contributed by atoms with Crippen LogP contribution >= 0.6 is 23.4 Å². The summed E-state index contributed by atoms with van der Waals surface area (Å²) in [6.45, 7) is 2.13. The van der Waals surface area contributed by atoms with E-state index >= 15 is 0 Å². The molecule has 1 N–H and O–H groups in total. The lowest BCUT2D eigenvalue weighted by molar-refractivity contribution is -0.113. The molecule has 0 saturated heterocycles. The number of aromatic nitrogens is 2. The van der Waals surface area contributed by atoms with Crippen molar-refractivity contribution in [2.24, 2.45) is 0 Å². The molecule has 0 fully saturated rings. The number of nitrogens with one attached hydrogen (secondary N) is 1. The van der Waals surface area contributed by atoms with E-state index in [1.54, 1.807) is 24.3 Å². The Balaban J connectivity index is 1.55. The van der Waals surface area contributed by atoms with Crippen LogP contribution in [0.5, 0.6) is 0 Å². The molecule has 0 aliphatic rings. The molecule has 2 aromatic carbocycles. The first kappa shape index (κ1) is 18.4. The number of amides is 1. The van der Waals surface area contributed by atoms with Crippen molar-refractivity contribution in [3.05, 3.63) is 71.2 Å². The fourth-order valence-electron chi connectivity index (χ4n) is 2.33. The van der Waals surface area contributed by atoms with Crippen molar-refractivity contribution in [2.75, 3.05) is 11.1 Å². The first-order valence-corrected chi connectivity index (χ1v) is 9.61. The van der Waals surface area contributed by atoms with Gasteiger partial charge in [0.1, 0.15) is 5.03 Å². The highest BCUT2D eigenvalue weighted by atomic mass is 35.5. The van der Waals surface area contributed by atoms with E-state index in [1.807, 2.05) is 12.1 Å². The molecule has 0 saturated carbocycles. The quantitative estimate of drug-likeness (QED) is 0.602. The SMILES string of the molecule is CCc1ccc(-c2ccc(SCC(=O)Nc3ccc(Cl)cc3)nn2)cc1. The third kappa shape index (κ3) is 5.07. The minimum absolute atomic E-state index is 0.0987. The van der Waals surface area contributed by atoms with Crippen molar-refractivity contribution in [1.29, 1.82) is 0 Å². The average molecular weight is 384 g/mol. The second-order valence-electron chi connectivity index (χ2n) is 5.65. The predicted molar refractivity (Wildman–Crippen MR) is 108 cm³/mol. The molecule has 0 atom stereocenters. The normalized spacial score (nSPS) is 10.5. The lowest BCUT2D eigenvalue weighted by atomic mass is 10.1. The van der Waals surface area contributed by atoms with Crippen LogP contribution in [0.2, 0.25) is 5.02 Å². The maximum atomic E-state index is 12.0. The number of rotatable bonds is 6. The van der Waals surface area contributed by atoms with Gasteiger partial charge in [0.05, 0.1) is 11.4 Å². The van der Waals surface area contributed by atoms with E-state index in [1.165, 1.54) is 17.3 Å². The topological polar surface area (TPSA) is 54.9 Å². The van der Waals surface area contributed by atoms with E-state index in [0.29, 0.717) is 10.0 Å². The number of aryl methyl sites for hydroxylation is 1. The van der Waals surface area contributed by atoms with Gasteiger partial charge >= 0.3 is 0 Å². The van der Waals surface area contributed by atoms with E-state index in [0.717, 1.165) is 23.4 Å². The van der Waals surface area contributed by atoms with Crippen molar-refractivity contribution in [2.45, 2.75) is 18.4 Å². The largest absolute Gasteiger partial charge is 0.325 e. The fourth-order valence-corrected chi connectivity index (χ4v) is 3.07. The van der Waals surface area contributed by atoms with Gasteiger partial charge in [0.2, 0.25) is 5.91 Å². The summed E-state index contributed by atoms with van der Waals surface area (Å²) in [4.78, 5) is 12.0. The van der Waals surface area contributed by atoms with Crippen molar-refractivity contribution >= 4 is 35.0 Å². The number of hydrogen-bond donors (Lipinski definition) is 1. The summed E-state index contributed by atoms with van der Waals surface area (Å²) in [5.41, 5.74) is 3.87. The van der Waals surface area contributed by atoms with Gasteiger partial charge in [-0.1, -0.05) is 54.6 Å². The van der Waals surface area contributed by atoms with E-state index < -0.39 is 0 Å². The lowest BCUT2D eigenvalue weighted by Crippen LogP contribution is -2.14. The van der Waals surface area contributed by atoms with Gasteiger partial charge in [0, 0.05) is 16.3 Å². The second kappa shape index (κ2) is 8.83. The van der Waals surface area contributed by atoms with Gasteiger partial charge in [-0.05, 0) is 48.4 Å². The molecule has 4 nitrogen and oxygen atoms in total. The minimum atomic E-state index is -0.0987. The van der Waals surface area contributed by atoms with Gasteiger partial charge < -0.3 is 5.32 Å². The molecule has 1 heterocycles. The maximum absolute atomic E-state index is 12.0. The Bertz CT molecular complexity index is 865. The number of carbonyl (C=O) groups excluding carboxylic acids is 1. The van der Waals surface area contributed by atoms with Crippen LogP contribution in [0.1, 0.15) is 12.5 Å².